The van der Waals surface area contributed by atoms with Crippen LogP contribution in [0.15, 0.2) is 125 Å². The van der Waals surface area contributed by atoms with Crippen LogP contribution >= 0.6 is 11.3 Å². The van der Waals surface area contributed by atoms with Crippen molar-refractivity contribution in [3.05, 3.63) is 157 Å². The molecule has 8 nitrogen and oxygen atoms in total. The molecule has 48 heavy (non-hydrogen) atoms. The molecular weight excluding hydrogens is 623 g/mol. The molecule has 3 heterocycles. The lowest BCUT2D eigenvalue weighted by Crippen LogP contribution is -2.40. The van der Waals surface area contributed by atoms with Gasteiger partial charge in [-0.2, -0.15) is 0 Å². The van der Waals surface area contributed by atoms with Gasteiger partial charge < -0.3 is 18.8 Å². The summed E-state index contributed by atoms with van der Waals surface area (Å²) in [7, 11) is 3.10. The average Bonchev–Trinajstić information content (AvgIpc) is 3.63. The van der Waals surface area contributed by atoms with Gasteiger partial charge in [0.1, 0.15) is 6.04 Å². The van der Waals surface area contributed by atoms with Crippen LogP contribution in [0.2, 0.25) is 0 Å². The first-order chi connectivity index (χ1) is 23.5. The minimum atomic E-state index is -0.901. The lowest BCUT2D eigenvalue weighted by molar-refractivity contribution is -0.138. The number of carbonyl (C=O) groups excluding carboxylic acids is 1. The largest absolute Gasteiger partial charge is 0.493 e. The highest BCUT2D eigenvalue weighted by molar-refractivity contribution is 7.07. The lowest BCUT2D eigenvalue weighted by atomic mass is 9.92. The molecule has 0 saturated carbocycles. The number of para-hydroxylation sites is 2. The summed E-state index contributed by atoms with van der Waals surface area (Å²) >= 11 is 1.29. The molecule has 9 heteroatoms. The molecule has 6 aromatic rings. The monoisotopic (exact) mass is 655 g/mol. The summed E-state index contributed by atoms with van der Waals surface area (Å²) in [6, 6.07) is 32.5. The zero-order valence-corrected chi connectivity index (χ0v) is 27.6. The second kappa shape index (κ2) is 13.2. The van der Waals surface area contributed by atoms with E-state index in [4.69, 9.17) is 19.2 Å². The summed E-state index contributed by atoms with van der Waals surface area (Å²) < 4.78 is 21.4. The molecular formula is C39H33N3O5S. The number of methoxy groups -OCH3 is 2. The van der Waals surface area contributed by atoms with E-state index >= 15 is 0 Å². The molecule has 0 bridgehead atoms. The molecule has 0 amide bonds. The van der Waals surface area contributed by atoms with Crippen molar-refractivity contribution >= 4 is 40.0 Å². The Morgan fingerprint density at radius 2 is 1.62 bits per heavy atom. The number of carbonyl (C=O) groups is 1. The Labute approximate surface area is 281 Å². The third kappa shape index (κ3) is 5.52. The summed E-state index contributed by atoms with van der Waals surface area (Å²) in [6.45, 7) is 2.60. The second-order valence-corrected chi connectivity index (χ2v) is 12.2. The summed E-state index contributed by atoms with van der Waals surface area (Å²) in [5, 5.41) is 1.03. The standard InChI is InChI=1S/C39H33N3O5S/c1-4-47-38(44)33-34(26-16-9-6-10-17-26)40-39-42(35(33)29-19-13-21-31(45-2)36(29)46-3)37(43)32(48-39)22-27-24-41(23-25-14-7-5-8-15-25)30-20-12-11-18-28(27)30/h5-22,24,35H,4,23H2,1-3H3. The molecule has 1 aliphatic rings. The Kier molecular flexibility index (Phi) is 8.52. The first kappa shape index (κ1) is 31.0. The van der Waals surface area contributed by atoms with Crippen LogP contribution in [0, 0.1) is 0 Å². The van der Waals surface area contributed by atoms with Crippen LogP contribution in [0.3, 0.4) is 0 Å². The van der Waals surface area contributed by atoms with Crippen molar-refractivity contribution in [2.75, 3.05) is 20.8 Å². The summed E-state index contributed by atoms with van der Waals surface area (Å²) in [6.07, 6.45) is 4.00. The van der Waals surface area contributed by atoms with E-state index in [-0.39, 0.29) is 17.7 Å². The van der Waals surface area contributed by atoms with Crippen molar-refractivity contribution in [3.8, 4) is 11.5 Å². The van der Waals surface area contributed by atoms with Gasteiger partial charge in [0.05, 0.1) is 36.6 Å². The molecule has 0 saturated heterocycles. The van der Waals surface area contributed by atoms with Gasteiger partial charge >= 0.3 is 5.97 Å². The second-order valence-electron chi connectivity index (χ2n) is 11.2. The molecule has 2 aromatic heterocycles. The Morgan fingerprint density at radius 3 is 2.35 bits per heavy atom. The van der Waals surface area contributed by atoms with Gasteiger partial charge in [0.25, 0.3) is 5.56 Å². The van der Waals surface area contributed by atoms with Gasteiger partial charge in [-0.25, -0.2) is 9.79 Å². The summed E-state index contributed by atoms with van der Waals surface area (Å²) in [5.74, 6) is 0.331. The zero-order chi connectivity index (χ0) is 33.2. The summed E-state index contributed by atoms with van der Waals surface area (Å²) in [5.41, 5.74) is 4.87. The van der Waals surface area contributed by atoms with Crippen molar-refractivity contribution in [3.63, 3.8) is 0 Å². The Hall–Kier alpha value is -5.67. The van der Waals surface area contributed by atoms with Crippen LogP contribution < -0.4 is 24.4 Å². The van der Waals surface area contributed by atoms with E-state index < -0.39 is 12.0 Å². The predicted octanol–water partition coefficient (Wildman–Crippen LogP) is 5.96. The molecule has 1 unspecified atom stereocenters. The molecule has 0 N–H and O–H groups in total. The lowest BCUT2D eigenvalue weighted by Gasteiger charge is -2.27. The van der Waals surface area contributed by atoms with E-state index in [0.717, 1.165) is 22.0 Å². The molecule has 0 radical (unpaired) electrons. The zero-order valence-electron chi connectivity index (χ0n) is 26.8. The molecule has 1 atom stereocenters. The number of fused-ring (bicyclic) bond motifs is 2. The molecule has 0 fully saturated rings. The summed E-state index contributed by atoms with van der Waals surface area (Å²) in [4.78, 5) is 33.9. The maximum absolute atomic E-state index is 14.6. The number of aromatic nitrogens is 2. The number of ether oxygens (including phenoxy) is 3. The van der Waals surface area contributed by atoms with Crippen LogP contribution in [-0.2, 0) is 16.1 Å². The molecule has 1 aliphatic heterocycles. The smallest absolute Gasteiger partial charge is 0.338 e. The Balaban J connectivity index is 1.49. The van der Waals surface area contributed by atoms with Gasteiger partial charge in [0, 0.05) is 40.3 Å². The number of hydrogen-bond acceptors (Lipinski definition) is 7. The van der Waals surface area contributed by atoms with Crippen LogP contribution in [0.1, 0.15) is 35.2 Å². The van der Waals surface area contributed by atoms with E-state index in [0.29, 0.717) is 38.6 Å². The van der Waals surface area contributed by atoms with E-state index in [9.17, 15) is 9.59 Å². The third-order valence-corrected chi connectivity index (χ3v) is 9.39. The van der Waals surface area contributed by atoms with E-state index in [1.54, 1.807) is 31.8 Å². The van der Waals surface area contributed by atoms with Gasteiger partial charge in [-0.3, -0.25) is 9.36 Å². The van der Waals surface area contributed by atoms with Gasteiger partial charge in [-0.05, 0) is 30.7 Å². The maximum atomic E-state index is 14.6. The van der Waals surface area contributed by atoms with Crippen molar-refractivity contribution in [2.45, 2.75) is 19.5 Å². The fraction of sp³-hybridized carbons (Fsp3) is 0.154. The topological polar surface area (TPSA) is 84.1 Å². The first-order valence-corrected chi connectivity index (χ1v) is 16.4. The fourth-order valence-corrected chi connectivity index (χ4v) is 7.30. The number of benzene rings is 4. The number of esters is 1. The average molecular weight is 656 g/mol. The van der Waals surface area contributed by atoms with Gasteiger partial charge in [0.2, 0.25) is 0 Å². The molecule has 4 aromatic carbocycles. The SMILES string of the molecule is CCOC(=O)C1=C(c2ccccc2)N=c2sc(=Cc3cn(Cc4ccccc4)c4ccccc34)c(=O)n2C1c1cccc(OC)c1OC. The molecule has 240 valence electrons. The van der Waals surface area contributed by atoms with Gasteiger partial charge in [0.15, 0.2) is 16.3 Å². The van der Waals surface area contributed by atoms with Gasteiger partial charge in [-0.1, -0.05) is 102 Å². The highest BCUT2D eigenvalue weighted by Gasteiger charge is 2.37. The minimum Gasteiger partial charge on any atom is -0.493 e. The van der Waals surface area contributed by atoms with Crippen LogP contribution in [0.4, 0.5) is 0 Å². The molecule has 0 aliphatic carbocycles. The number of thiazole rings is 1. The first-order valence-electron chi connectivity index (χ1n) is 15.6. The maximum Gasteiger partial charge on any atom is 0.338 e. The van der Waals surface area contributed by atoms with Gasteiger partial charge in [-0.15, -0.1) is 0 Å². The van der Waals surface area contributed by atoms with Crippen molar-refractivity contribution in [2.24, 2.45) is 4.99 Å². The Morgan fingerprint density at radius 1 is 0.896 bits per heavy atom. The van der Waals surface area contributed by atoms with Crippen molar-refractivity contribution in [1.29, 1.82) is 0 Å². The van der Waals surface area contributed by atoms with Crippen LogP contribution in [0.25, 0.3) is 22.7 Å². The fourth-order valence-electron chi connectivity index (χ4n) is 6.30. The van der Waals surface area contributed by atoms with Crippen LogP contribution in [-0.4, -0.2) is 35.9 Å². The number of rotatable bonds is 9. The van der Waals surface area contributed by atoms with Crippen molar-refractivity contribution in [1.82, 2.24) is 9.13 Å². The highest BCUT2D eigenvalue weighted by Crippen LogP contribution is 2.42. The normalized spacial score (nSPS) is 14.5. The van der Waals surface area contributed by atoms with Crippen LogP contribution in [0.5, 0.6) is 11.5 Å². The van der Waals surface area contributed by atoms with Crippen molar-refractivity contribution < 1.29 is 19.0 Å². The predicted molar refractivity (Wildman–Crippen MR) is 188 cm³/mol. The number of hydrogen-bond donors (Lipinski definition) is 0. The highest BCUT2D eigenvalue weighted by atomic mass is 32.1. The minimum absolute atomic E-state index is 0.157. The molecule has 0 spiro atoms. The van der Waals surface area contributed by atoms with E-state index in [2.05, 4.69) is 35.0 Å². The van der Waals surface area contributed by atoms with E-state index in [1.165, 1.54) is 16.9 Å². The number of nitrogens with zero attached hydrogens (tertiary/aromatic N) is 3. The third-order valence-electron chi connectivity index (χ3n) is 8.40. The van der Waals surface area contributed by atoms with E-state index in [1.807, 2.05) is 78.9 Å². The molecule has 7 rings (SSSR count). The quantitative estimate of drug-likeness (QED) is 0.180. The Bertz CT molecular complexity index is 2350.